The molecular formula is C14H8ClFN2O3S. The van der Waals surface area contributed by atoms with Crippen LogP contribution in [0.4, 0.5) is 14.9 Å². The Labute approximate surface area is 133 Å². The first-order chi connectivity index (χ1) is 10.4. The van der Waals surface area contributed by atoms with Crippen molar-refractivity contribution >= 4 is 46.3 Å². The molecule has 0 fully saturated rings. The molecule has 1 aromatic carbocycles. The van der Waals surface area contributed by atoms with Gasteiger partial charge in [-0.2, -0.15) is 0 Å². The quantitative estimate of drug-likeness (QED) is 0.675. The molecule has 0 saturated carbocycles. The average molecular weight is 339 g/mol. The number of carbonyl (C=O) groups is 3. The monoisotopic (exact) mass is 338 g/mol. The Bertz CT molecular complexity index is 807. The zero-order chi connectivity index (χ0) is 16.0. The van der Waals surface area contributed by atoms with Crippen molar-refractivity contribution in [3.05, 3.63) is 50.9 Å². The minimum Gasteiger partial charge on any atom is -0.351 e. The number of urea groups is 1. The summed E-state index contributed by atoms with van der Waals surface area (Å²) < 4.78 is 13.6. The van der Waals surface area contributed by atoms with Gasteiger partial charge in [0, 0.05) is 6.07 Å². The van der Waals surface area contributed by atoms with Gasteiger partial charge >= 0.3 is 6.03 Å². The maximum atomic E-state index is 13.6. The van der Waals surface area contributed by atoms with Gasteiger partial charge in [0.2, 0.25) is 0 Å². The first-order valence-corrected chi connectivity index (χ1v) is 7.37. The second kappa shape index (κ2) is 5.19. The van der Waals surface area contributed by atoms with Gasteiger partial charge in [-0.25, -0.2) is 14.1 Å². The van der Waals surface area contributed by atoms with Crippen LogP contribution in [0.3, 0.4) is 0 Å². The van der Waals surface area contributed by atoms with Crippen molar-refractivity contribution in [2.24, 2.45) is 5.73 Å². The number of primary amides is 1. The Morgan fingerprint density at radius 2 is 2.09 bits per heavy atom. The minimum atomic E-state index is -1.25. The van der Waals surface area contributed by atoms with Crippen molar-refractivity contribution in [1.82, 2.24) is 0 Å². The van der Waals surface area contributed by atoms with Crippen molar-refractivity contribution in [2.45, 2.75) is 5.92 Å². The van der Waals surface area contributed by atoms with Crippen LogP contribution in [0.15, 0.2) is 29.6 Å². The van der Waals surface area contributed by atoms with Crippen LogP contribution >= 0.6 is 22.9 Å². The number of carbonyl (C=O) groups excluding carboxylic acids is 3. The van der Waals surface area contributed by atoms with E-state index >= 15 is 0 Å². The molecule has 2 heterocycles. The highest BCUT2D eigenvalue weighted by atomic mass is 35.5. The number of Topliss-reactive ketones (excluding diaryl/α,β-unsaturated/α-hetero) is 1. The second-order valence-electron chi connectivity index (χ2n) is 4.61. The van der Waals surface area contributed by atoms with Crippen LogP contribution in [-0.2, 0) is 4.79 Å². The number of amides is 3. The Morgan fingerprint density at radius 1 is 1.36 bits per heavy atom. The van der Waals surface area contributed by atoms with E-state index in [-0.39, 0.29) is 16.3 Å². The number of benzene rings is 1. The van der Waals surface area contributed by atoms with Gasteiger partial charge in [-0.05, 0) is 23.1 Å². The van der Waals surface area contributed by atoms with Gasteiger partial charge in [0.1, 0.15) is 11.7 Å². The molecule has 0 aliphatic carbocycles. The van der Waals surface area contributed by atoms with Crippen molar-refractivity contribution in [2.75, 3.05) is 4.90 Å². The molecule has 22 heavy (non-hydrogen) atoms. The zero-order valence-corrected chi connectivity index (χ0v) is 12.5. The standard InChI is InChI=1S/C14H8ClFN2O3S/c15-7-4-6-9(5-8(7)16)18(14(17)21)13(20)11(6)12(19)10-2-1-3-22-10/h1-5,11H,(H2,17,21). The van der Waals surface area contributed by atoms with Gasteiger partial charge in [0.15, 0.2) is 5.78 Å². The Kier molecular flexibility index (Phi) is 3.46. The number of ketones is 1. The van der Waals surface area contributed by atoms with Gasteiger partial charge in [-0.1, -0.05) is 17.7 Å². The van der Waals surface area contributed by atoms with E-state index in [1.54, 1.807) is 17.5 Å². The van der Waals surface area contributed by atoms with E-state index in [4.69, 9.17) is 17.3 Å². The molecule has 1 aromatic heterocycles. The van der Waals surface area contributed by atoms with Crippen LogP contribution in [0.25, 0.3) is 0 Å². The Morgan fingerprint density at radius 3 is 2.68 bits per heavy atom. The molecule has 0 radical (unpaired) electrons. The van der Waals surface area contributed by atoms with Crippen LogP contribution in [0.1, 0.15) is 21.2 Å². The highest BCUT2D eigenvalue weighted by Crippen LogP contribution is 2.41. The number of anilines is 1. The summed E-state index contributed by atoms with van der Waals surface area (Å²) in [7, 11) is 0. The Balaban J connectivity index is 2.18. The van der Waals surface area contributed by atoms with E-state index in [2.05, 4.69) is 0 Å². The third kappa shape index (κ3) is 2.10. The molecule has 112 valence electrons. The molecule has 0 spiro atoms. The lowest BCUT2D eigenvalue weighted by atomic mass is 9.95. The van der Waals surface area contributed by atoms with Crippen LogP contribution < -0.4 is 10.6 Å². The molecule has 1 atom stereocenters. The van der Waals surface area contributed by atoms with Gasteiger partial charge in [-0.15, -0.1) is 11.3 Å². The SMILES string of the molecule is NC(=O)N1C(=O)C(C(=O)c2cccs2)c2cc(Cl)c(F)cc21. The Hall–Kier alpha value is -2.25. The number of nitrogens with zero attached hydrogens (tertiary/aromatic N) is 1. The van der Waals surface area contributed by atoms with Gasteiger partial charge in [0.25, 0.3) is 5.91 Å². The van der Waals surface area contributed by atoms with E-state index in [9.17, 15) is 18.8 Å². The topological polar surface area (TPSA) is 80.5 Å². The summed E-state index contributed by atoms with van der Waals surface area (Å²) in [6.45, 7) is 0. The lowest BCUT2D eigenvalue weighted by Crippen LogP contribution is -2.40. The molecule has 0 saturated heterocycles. The van der Waals surface area contributed by atoms with E-state index in [0.717, 1.165) is 6.07 Å². The third-order valence-electron chi connectivity index (χ3n) is 3.34. The number of thiophene rings is 1. The zero-order valence-electron chi connectivity index (χ0n) is 10.9. The molecule has 2 N–H and O–H groups in total. The number of hydrogen-bond donors (Lipinski definition) is 1. The highest BCUT2D eigenvalue weighted by molar-refractivity contribution is 7.12. The molecule has 8 heteroatoms. The normalized spacial score (nSPS) is 16.7. The largest absolute Gasteiger partial charge is 0.351 e. The average Bonchev–Trinajstić information content (AvgIpc) is 3.05. The summed E-state index contributed by atoms with van der Waals surface area (Å²) in [4.78, 5) is 37.4. The van der Waals surface area contributed by atoms with Gasteiger partial charge in [-0.3, -0.25) is 9.59 Å². The lowest BCUT2D eigenvalue weighted by Gasteiger charge is -2.12. The van der Waals surface area contributed by atoms with Gasteiger partial charge in [0.05, 0.1) is 15.6 Å². The van der Waals surface area contributed by atoms with Crippen LogP contribution in [0.5, 0.6) is 0 Å². The second-order valence-corrected chi connectivity index (χ2v) is 5.97. The predicted octanol–water partition coefficient (Wildman–Crippen LogP) is 2.93. The van der Waals surface area contributed by atoms with Crippen molar-refractivity contribution in [1.29, 1.82) is 0 Å². The summed E-state index contributed by atoms with van der Waals surface area (Å²) in [6.07, 6.45) is 0. The molecule has 1 aliphatic heterocycles. The van der Waals surface area contributed by atoms with E-state index in [1.165, 1.54) is 17.4 Å². The molecular weight excluding hydrogens is 331 g/mol. The third-order valence-corrected chi connectivity index (χ3v) is 4.51. The maximum absolute atomic E-state index is 13.6. The fourth-order valence-corrected chi connectivity index (χ4v) is 3.27. The van der Waals surface area contributed by atoms with Crippen molar-refractivity contribution in [3.63, 3.8) is 0 Å². The van der Waals surface area contributed by atoms with E-state index in [0.29, 0.717) is 9.78 Å². The van der Waals surface area contributed by atoms with Crippen LogP contribution in [0.2, 0.25) is 5.02 Å². The maximum Gasteiger partial charge on any atom is 0.326 e. The summed E-state index contributed by atoms with van der Waals surface area (Å²) >= 11 is 6.90. The number of imide groups is 1. The molecule has 1 unspecified atom stereocenters. The highest BCUT2D eigenvalue weighted by Gasteiger charge is 2.45. The number of halogens is 2. The van der Waals surface area contributed by atoms with Crippen LogP contribution in [0, 0.1) is 5.82 Å². The molecule has 3 rings (SSSR count). The van der Waals surface area contributed by atoms with Crippen molar-refractivity contribution in [3.8, 4) is 0 Å². The van der Waals surface area contributed by atoms with Crippen molar-refractivity contribution < 1.29 is 18.8 Å². The lowest BCUT2D eigenvalue weighted by molar-refractivity contribution is -0.117. The van der Waals surface area contributed by atoms with E-state index in [1.807, 2.05) is 0 Å². The van der Waals surface area contributed by atoms with Gasteiger partial charge < -0.3 is 5.73 Å². The number of hydrogen-bond acceptors (Lipinski definition) is 4. The molecule has 1 aliphatic rings. The fourth-order valence-electron chi connectivity index (χ4n) is 2.40. The smallest absolute Gasteiger partial charge is 0.326 e. The first-order valence-electron chi connectivity index (χ1n) is 6.12. The summed E-state index contributed by atoms with van der Waals surface area (Å²) in [5.74, 6) is -3.34. The molecule has 3 amide bonds. The number of nitrogens with two attached hydrogens (primary N) is 1. The van der Waals surface area contributed by atoms with E-state index < -0.39 is 29.5 Å². The fraction of sp³-hybridized carbons (Fsp3) is 0.0714. The summed E-state index contributed by atoms with van der Waals surface area (Å²) in [6, 6.07) is 4.28. The number of rotatable bonds is 2. The molecule has 0 bridgehead atoms. The minimum absolute atomic E-state index is 0.0469. The summed E-state index contributed by atoms with van der Waals surface area (Å²) in [5.41, 5.74) is 5.30. The van der Waals surface area contributed by atoms with Crippen LogP contribution in [-0.4, -0.2) is 17.7 Å². The molecule has 2 aromatic rings. The summed E-state index contributed by atoms with van der Waals surface area (Å²) in [5, 5.41) is 1.46. The predicted molar refractivity (Wildman–Crippen MR) is 79.9 cm³/mol. The number of fused-ring (bicyclic) bond motifs is 1. The molecule has 5 nitrogen and oxygen atoms in total. The first kappa shape index (κ1) is 14.7.